The zero-order valence-corrected chi connectivity index (χ0v) is 12.2. The molecule has 0 aromatic rings. The molecule has 2 unspecified atom stereocenters. The quantitative estimate of drug-likeness (QED) is 0.565. The maximum Gasteiger partial charge on any atom is -0.0365 e. The van der Waals surface area contributed by atoms with E-state index >= 15 is 0 Å². The van der Waals surface area contributed by atoms with Crippen LogP contribution in [0.15, 0.2) is 0 Å². The van der Waals surface area contributed by atoms with Gasteiger partial charge in [0.1, 0.15) is 0 Å². The molecule has 0 fully saturated rings. The molecule has 0 N–H and O–H groups in total. The summed E-state index contributed by atoms with van der Waals surface area (Å²) in [5, 5.41) is 0. The van der Waals surface area contributed by atoms with E-state index in [1.54, 1.807) is 0 Å². The summed E-state index contributed by atoms with van der Waals surface area (Å²) in [4.78, 5) is 0. The van der Waals surface area contributed by atoms with Gasteiger partial charge in [-0.25, -0.2) is 0 Å². The second kappa shape index (κ2) is 6.55. The predicted octanol–water partition coefficient (Wildman–Crippen LogP) is 5.23. The van der Waals surface area contributed by atoms with Crippen LogP contribution in [0.1, 0.15) is 61.8 Å². The minimum Gasteiger partial charge on any atom is -0.0625 e. The molecule has 2 atom stereocenters. The molecule has 15 heavy (non-hydrogen) atoms. The molecule has 0 aliphatic rings. The van der Waals surface area contributed by atoms with Gasteiger partial charge in [-0.05, 0) is 41.9 Å². The number of rotatable bonds is 6. The van der Waals surface area contributed by atoms with Crippen LogP contribution in [0.2, 0.25) is 0 Å². The molecule has 0 aromatic heterocycles. The van der Waals surface area contributed by atoms with E-state index in [2.05, 4.69) is 55.4 Å². The van der Waals surface area contributed by atoms with Crippen LogP contribution >= 0.6 is 0 Å². The molecule has 0 saturated carbocycles. The fraction of sp³-hybridized carbons (Fsp3) is 1.00. The Morgan fingerprint density at radius 3 is 1.27 bits per heavy atom. The lowest BCUT2D eigenvalue weighted by molar-refractivity contribution is 0.182. The normalized spacial score (nSPS) is 16.8. The molecule has 0 aliphatic heterocycles. The van der Waals surface area contributed by atoms with Crippen LogP contribution in [-0.2, 0) is 0 Å². The smallest absolute Gasteiger partial charge is 0.0365 e. The first-order valence-corrected chi connectivity index (χ1v) is 6.77. The lowest BCUT2D eigenvalue weighted by atomic mass is 9.74. The van der Waals surface area contributed by atoms with Crippen molar-refractivity contribution in [2.24, 2.45) is 35.5 Å². The van der Waals surface area contributed by atoms with Crippen LogP contribution < -0.4 is 0 Å². The lowest BCUT2D eigenvalue weighted by Gasteiger charge is -2.32. The second-order valence-corrected chi connectivity index (χ2v) is 6.47. The molecule has 0 aliphatic carbocycles. The fourth-order valence-electron chi connectivity index (χ4n) is 2.62. The summed E-state index contributed by atoms with van der Waals surface area (Å²) in [5.74, 6) is 5.07. The van der Waals surface area contributed by atoms with Crippen molar-refractivity contribution in [2.75, 3.05) is 0 Å². The molecule has 0 spiro atoms. The van der Waals surface area contributed by atoms with E-state index in [1.807, 2.05) is 0 Å². The Hall–Kier alpha value is 0. The monoisotopic (exact) mass is 212 g/mol. The minimum atomic E-state index is 0.819. The van der Waals surface area contributed by atoms with E-state index in [-0.39, 0.29) is 0 Å². The highest BCUT2D eigenvalue weighted by Crippen LogP contribution is 2.32. The van der Waals surface area contributed by atoms with Crippen molar-refractivity contribution >= 4 is 0 Å². The van der Waals surface area contributed by atoms with Gasteiger partial charge in [0.05, 0.1) is 0 Å². The number of hydrogen-bond acceptors (Lipinski definition) is 0. The topological polar surface area (TPSA) is 0 Å². The Morgan fingerprint density at radius 2 is 1.00 bits per heavy atom. The van der Waals surface area contributed by atoms with Gasteiger partial charge in [-0.3, -0.25) is 0 Å². The molecule has 0 heterocycles. The van der Waals surface area contributed by atoms with Gasteiger partial charge in [-0.1, -0.05) is 55.4 Å². The molecule has 0 radical (unpaired) electrons. The van der Waals surface area contributed by atoms with E-state index in [1.165, 1.54) is 6.42 Å². The average molecular weight is 212 g/mol. The third-order valence-corrected chi connectivity index (χ3v) is 4.31. The van der Waals surface area contributed by atoms with Crippen molar-refractivity contribution in [2.45, 2.75) is 61.8 Å². The first-order valence-electron chi connectivity index (χ1n) is 6.77. The summed E-state index contributed by atoms with van der Waals surface area (Å²) in [6, 6.07) is 0. The van der Waals surface area contributed by atoms with Crippen LogP contribution in [0.3, 0.4) is 0 Å². The second-order valence-electron chi connectivity index (χ2n) is 6.47. The third-order valence-electron chi connectivity index (χ3n) is 4.31. The van der Waals surface area contributed by atoms with E-state index in [0.29, 0.717) is 0 Å². The highest BCUT2D eigenvalue weighted by atomic mass is 14.3. The molecule has 0 aromatic carbocycles. The van der Waals surface area contributed by atoms with Gasteiger partial charge >= 0.3 is 0 Å². The van der Waals surface area contributed by atoms with E-state index in [0.717, 1.165) is 35.5 Å². The van der Waals surface area contributed by atoms with Gasteiger partial charge in [0.2, 0.25) is 0 Å². The largest absolute Gasteiger partial charge is 0.0625 e. The summed E-state index contributed by atoms with van der Waals surface area (Å²) in [6.45, 7) is 19.0. The number of hydrogen-bond donors (Lipinski definition) is 0. The summed E-state index contributed by atoms with van der Waals surface area (Å²) in [5.41, 5.74) is 0. The Balaban J connectivity index is 4.29. The summed E-state index contributed by atoms with van der Waals surface area (Å²) < 4.78 is 0. The Labute approximate surface area is 97.8 Å². The molecule has 0 saturated heterocycles. The van der Waals surface area contributed by atoms with Crippen molar-refractivity contribution in [3.05, 3.63) is 0 Å². The summed E-state index contributed by atoms with van der Waals surface area (Å²) in [6.07, 6.45) is 1.40. The van der Waals surface area contributed by atoms with E-state index in [9.17, 15) is 0 Å². The van der Waals surface area contributed by atoms with Gasteiger partial charge in [-0.2, -0.15) is 0 Å². The van der Waals surface area contributed by atoms with Crippen molar-refractivity contribution in [3.63, 3.8) is 0 Å². The third kappa shape index (κ3) is 5.04. The lowest BCUT2D eigenvalue weighted by Crippen LogP contribution is -2.23. The molecule has 0 amide bonds. The average Bonchev–Trinajstić information content (AvgIpc) is 2.11. The van der Waals surface area contributed by atoms with Crippen molar-refractivity contribution in [3.8, 4) is 0 Å². The van der Waals surface area contributed by atoms with Crippen molar-refractivity contribution < 1.29 is 0 Å². The van der Waals surface area contributed by atoms with Gasteiger partial charge in [0.25, 0.3) is 0 Å². The fourth-order valence-corrected chi connectivity index (χ4v) is 2.62. The van der Waals surface area contributed by atoms with Crippen LogP contribution in [0.5, 0.6) is 0 Å². The highest BCUT2D eigenvalue weighted by Gasteiger charge is 2.24. The van der Waals surface area contributed by atoms with Crippen LogP contribution in [0.4, 0.5) is 0 Å². The van der Waals surface area contributed by atoms with Gasteiger partial charge in [-0.15, -0.1) is 0 Å². The van der Waals surface area contributed by atoms with Gasteiger partial charge in [0.15, 0.2) is 0 Å². The molecule has 0 bridgehead atoms. The standard InChI is InChI=1S/C15H32/c1-10(2)14(8)13(7)9-15(11(3)4)12(5)6/h10-15H,9H2,1-8H3. The Kier molecular flexibility index (Phi) is 6.55. The van der Waals surface area contributed by atoms with E-state index in [4.69, 9.17) is 0 Å². The SMILES string of the molecule is CC(C)C(C)C(C)CC(C(C)C)C(C)C. The molecular formula is C15H32. The summed E-state index contributed by atoms with van der Waals surface area (Å²) in [7, 11) is 0. The molecule has 92 valence electrons. The highest BCUT2D eigenvalue weighted by molar-refractivity contribution is 4.73. The van der Waals surface area contributed by atoms with Crippen LogP contribution in [0, 0.1) is 35.5 Å². The van der Waals surface area contributed by atoms with Gasteiger partial charge < -0.3 is 0 Å². The molecule has 0 nitrogen and oxygen atoms in total. The van der Waals surface area contributed by atoms with Crippen LogP contribution in [0.25, 0.3) is 0 Å². The predicted molar refractivity (Wildman–Crippen MR) is 70.9 cm³/mol. The Morgan fingerprint density at radius 1 is 0.600 bits per heavy atom. The van der Waals surface area contributed by atoms with Crippen molar-refractivity contribution in [1.29, 1.82) is 0 Å². The maximum absolute atomic E-state index is 2.43. The van der Waals surface area contributed by atoms with Gasteiger partial charge in [0, 0.05) is 0 Å². The molecule has 0 heteroatoms. The molecule has 0 rings (SSSR count). The first kappa shape index (κ1) is 15.0. The Bertz CT molecular complexity index is 147. The minimum absolute atomic E-state index is 0.819. The summed E-state index contributed by atoms with van der Waals surface area (Å²) >= 11 is 0. The molecular weight excluding hydrogens is 180 g/mol. The van der Waals surface area contributed by atoms with Crippen molar-refractivity contribution in [1.82, 2.24) is 0 Å². The first-order chi connectivity index (χ1) is 6.77. The maximum atomic E-state index is 2.43. The zero-order chi connectivity index (χ0) is 12.2. The van der Waals surface area contributed by atoms with Crippen LogP contribution in [-0.4, -0.2) is 0 Å². The zero-order valence-electron chi connectivity index (χ0n) is 12.2. The van der Waals surface area contributed by atoms with E-state index < -0.39 is 0 Å².